The lowest BCUT2D eigenvalue weighted by Gasteiger charge is -2.37. The first-order chi connectivity index (χ1) is 20.2. The van der Waals surface area contributed by atoms with Gasteiger partial charge >= 0.3 is 5.97 Å². The molecule has 3 aromatic heterocycles. The van der Waals surface area contributed by atoms with Crippen LogP contribution in [0.3, 0.4) is 0 Å². The average Bonchev–Trinajstić information content (AvgIpc) is 3.54. The number of nitrogens with zero attached hydrogens (tertiary/aromatic N) is 6. The highest BCUT2D eigenvalue weighted by Crippen LogP contribution is 2.42. The summed E-state index contributed by atoms with van der Waals surface area (Å²) in [6.07, 6.45) is 2.08. The van der Waals surface area contributed by atoms with Crippen molar-refractivity contribution in [1.82, 2.24) is 24.6 Å². The molecule has 8 nitrogen and oxygen atoms in total. The molecule has 0 N–H and O–H groups in total. The van der Waals surface area contributed by atoms with Crippen LogP contribution >= 0.6 is 22.9 Å². The molecule has 42 heavy (non-hydrogen) atoms. The second-order valence-electron chi connectivity index (χ2n) is 11.1. The summed E-state index contributed by atoms with van der Waals surface area (Å²) in [5.41, 5.74) is 6.63. The number of halogens is 1. The fourth-order valence-electron chi connectivity index (χ4n) is 5.79. The summed E-state index contributed by atoms with van der Waals surface area (Å²) < 4.78 is 8.21. The van der Waals surface area contributed by atoms with Crippen molar-refractivity contribution in [1.29, 1.82) is 0 Å². The van der Waals surface area contributed by atoms with Crippen molar-refractivity contribution in [3.05, 3.63) is 58.7 Å². The maximum Gasteiger partial charge on any atom is 0.310 e. The molecule has 1 aliphatic rings. The number of thiazole rings is 1. The van der Waals surface area contributed by atoms with E-state index in [0.29, 0.717) is 17.7 Å². The topological polar surface area (TPSA) is 76.4 Å². The number of rotatable bonds is 7. The maximum absolute atomic E-state index is 12.6. The Bertz CT molecular complexity index is 1770. The molecular weight excluding hydrogens is 568 g/mol. The predicted molar refractivity (Wildman–Crippen MR) is 172 cm³/mol. The van der Waals surface area contributed by atoms with Crippen molar-refractivity contribution < 1.29 is 9.53 Å². The van der Waals surface area contributed by atoms with Crippen LogP contribution < -0.4 is 4.90 Å². The summed E-state index contributed by atoms with van der Waals surface area (Å²) in [5.74, 6) is 0.730. The van der Waals surface area contributed by atoms with Crippen molar-refractivity contribution in [2.45, 2.75) is 40.2 Å². The Morgan fingerprint density at radius 1 is 1.10 bits per heavy atom. The van der Waals surface area contributed by atoms with Crippen LogP contribution in [0.5, 0.6) is 0 Å². The summed E-state index contributed by atoms with van der Waals surface area (Å²) >= 11 is 7.85. The average molecular weight is 603 g/mol. The molecule has 0 atom stereocenters. The Kier molecular flexibility index (Phi) is 7.91. The molecule has 0 aliphatic carbocycles. The summed E-state index contributed by atoms with van der Waals surface area (Å²) in [4.78, 5) is 27.4. The number of esters is 1. The van der Waals surface area contributed by atoms with Crippen LogP contribution in [-0.2, 0) is 23.0 Å². The van der Waals surface area contributed by atoms with Gasteiger partial charge in [-0.05, 0) is 68.7 Å². The van der Waals surface area contributed by atoms with E-state index < -0.39 is 0 Å². The number of hydrogen-bond acceptors (Lipinski definition) is 8. The number of fused-ring (bicyclic) bond motifs is 2. The molecule has 0 spiro atoms. The first-order valence-electron chi connectivity index (χ1n) is 14.4. The number of ether oxygens (including phenoxy) is 1. The van der Waals surface area contributed by atoms with E-state index in [9.17, 15) is 4.79 Å². The van der Waals surface area contributed by atoms with Gasteiger partial charge in [-0.1, -0.05) is 23.7 Å². The number of piperazine rings is 1. The van der Waals surface area contributed by atoms with Gasteiger partial charge in [-0.3, -0.25) is 9.69 Å². The van der Waals surface area contributed by atoms with Crippen molar-refractivity contribution in [2.75, 3.05) is 37.7 Å². The lowest BCUT2D eigenvalue weighted by molar-refractivity contribution is -0.142. The number of carbonyl (C=O) groups excluding carboxylic acids is 1. The van der Waals surface area contributed by atoms with Gasteiger partial charge in [0, 0.05) is 61.6 Å². The van der Waals surface area contributed by atoms with E-state index in [1.165, 1.54) is 0 Å². The Labute approximate surface area is 254 Å². The zero-order chi connectivity index (χ0) is 29.5. The quantitative estimate of drug-likeness (QED) is 0.197. The second kappa shape index (κ2) is 11.6. The van der Waals surface area contributed by atoms with E-state index in [-0.39, 0.29) is 12.4 Å². The van der Waals surface area contributed by atoms with Crippen LogP contribution in [0.25, 0.3) is 42.9 Å². The highest BCUT2D eigenvalue weighted by atomic mass is 35.5. The smallest absolute Gasteiger partial charge is 0.310 e. The minimum atomic E-state index is -0.243. The first kappa shape index (κ1) is 28.6. The fraction of sp³-hybridized carbons (Fsp3) is 0.375. The molecule has 1 saturated heterocycles. The molecule has 2 aromatic carbocycles. The van der Waals surface area contributed by atoms with Gasteiger partial charge in [0.05, 0.1) is 28.6 Å². The third kappa shape index (κ3) is 5.37. The van der Waals surface area contributed by atoms with Crippen LogP contribution in [-0.4, -0.2) is 69.4 Å². The Hall–Kier alpha value is -3.53. The molecule has 218 valence electrons. The molecule has 6 rings (SSSR count). The van der Waals surface area contributed by atoms with E-state index in [1.807, 2.05) is 56.0 Å². The largest absolute Gasteiger partial charge is 0.466 e. The number of aryl methyl sites for hydroxylation is 2. The number of hydrogen-bond donors (Lipinski definition) is 0. The van der Waals surface area contributed by atoms with E-state index in [1.54, 1.807) is 11.3 Å². The van der Waals surface area contributed by atoms with Gasteiger partial charge in [0.15, 0.2) is 11.5 Å². The lowest BCUT2D eigenvalue weighted by atomic mass is 9.93. The van der Waals surface area contributed by atoms with Crippen LogP contribution in [0.15, 0.2) is 42.6 Å². The summed E-state index contributed by atoms with van der Waals surface area (Å²) in [7, 11) is 1.95. The number of anilines is 1. The van der Waals surface area contributed by atoms with E-state index >= 15 is 0 Å². The zero-order valence-electron chi connectivity index (χ0n) is 24.6. The number of aromatic nitrogens is 4. The Morgan fingerprint density at radius 3 is 2.52 bits per heavy atom. The predicted octanol–water partition coefficient (Wildman–Crippen LogP) is 6.51. The van der Waals surface area contributed by atoms with Crippen molar-refractivity contribution in [3.8, 4) is 21.7 Å². The van der Waals surface area contributed by atoms with Gasteiger partial charge in [-0.15, -0.1) is 11.3 Å². The minimum absolute atomic E-state index is 0.192. The molecule has 0 unspecified atom stereocenters. The van der Waals surface area contributed by atoms with E-state index in [0.717, 1.165) is 86.1 Å². The molecular formula is C32H35ClN6O2S. The summed E-state index contributed by atoms with van der Waals surface area (Å²) in [5, 5.41) is 7.45. The minimum Gasteiger partial charge on any atom is -0.466 e. The standard InChI is InChI=1S/C32H35ClN6O2S/c1-6-41-27(40)17-24-20(4)15-26-29(28(24)21-7-9-23(33)10-8-21)42-32(35-26)22-16-25-30(34-18-22)37(5)36-31(25)39-13-11-38(12-14-39)19(2)3/h7-10,15-16,18-19H,6,11-14,17H2,1-5H3. The molecule has 0 bridgehead atoms. The fourth-order valence-corrected chi connectivity index (χ4v) is 7.03. The normalized spacial score (nSPS) is 14.4. The van der Waals surface area contributed by atoms with Gasteiger partial charge in [0.2, 0.25) is 0 Å². The molecule has 10 heteroatoms. The molecule has 1 aliphatic heterocycles. The van der Waals surface area contributed by atoms with Gasteiger partial charge in [-0.2, -0.15) is 5.10 Å². The third-order valence-electron chi connectivity index (χ3n) is 8.02. The highest BCUT2D eigenvalue weighted by molar-refractivity contribution is 7.22. The Morgan fingerprint density at radius 2 is 1.83 bits per heavy atom. The highest BCUT2D eigenvalue weighted by Gasteiger charge is 2.25. The third-order valence-corrected chi connectivity index (χ3v) is 9.41. The molecule has 1 fully saturated rings. The van der Waals surface area contributed by atoms with Gasteiger partial charge in [0.25, 0.3) is 0 Å². The van der Waals surface area contributed by atoms with Crippen molar-refractivity contribution in [2.24, 2.45) is 7.05 Å². The van der Waals surface area contributed by atoms with Crippen LogP contribution in [0, 0.1) is 6.92 Å². The second-order valence-corrected chi connectivity index (χ2v) is 12.5. The molecule has 5 aromatic rings. The van der Waals surface area contributed by atoms with Gasteiger partial charge in [-0.25, -0.2) is 14.6 Å². The molecule has 4 heterocycles. The van der Waals surface area contributed by atoms with Crippen LogP contribution in [0.1, 0.15) is 31.9 Å². The molecule has 0 amide bonds. The van der Waals surface area contributed by atoms with Crippen molar-refractivity contribution >= 4 is 56.0 Å². The maximum atomic E-state index is 12.6. The van der Waals surface area contributed by atoms with Gasteiger partial charge in [0.1, 0.15) is 5.01 Å². The van der Waals surface area contributed by atoms with Crippen LogP contribution in [0.4, 0.5) is 5.82 Å². The molecule has 0 radical (unpaired) electrons. The summed E-state index contributed by atoms with van der Waals surface area (Å²) in [6.45, 7) is 12.6. The van der Waals surface area contributed by atoms with E-state index in [2.05, 4.69) is 35.8 Å². The first-order valence-corrected chi connectivity index (χ1v) is 15.6. The SMILES string of the molecule is CCOC(=O)Cc1c(C)cc2nc(-c3cnc4c(c3)c(N3CCN(C(C)C)CC3)nn4C)sc2c1-c1ccc(Cl)cc1. The molecule has 0 saturated carbocycles. The zero-order valence-corrected chi connectivity index (χ0v) is 26.2. The monoisotopic (exact) mass is 602 g/mol. The van der Waals surface area contributed by atoms with Gasteiger partial charge < -0.3 is 9.64 Å². The number of benzene rings is 2. The van der Waals surface area contributed by atoms with Crippen molar-refractivity contribution in [3.63, 3.8) is 0 Å². The van der Waals surface area contributed by atoms with E-state index in [4.69, 9.17) is 31.4 Å². The lowest BCUT2D eigenvalue weighted by Crippen LogP contribution is -2.49. The Balaban J connectivity index is 1.45. The summed E-state index contributed by atoms with van der Waals surface area (Å²) in [6, 6.07) is 12.5. The number of carbonyl (C=O) groups is 1. The van der Waals surface area contributed by atoms with Crippen LogP contribution in [0.2, 0.25) is 5.02 Å². The number of pyridine rings is 1.